The molecule has 0 saturated carbocycles. The molecular formula is C10H10ClN3S. The van der Waals surface area contributed by atoms with Crippen LogP contribution in [-0.4, -0.2) is 9.97 Å². The highest BCUT2D eigenvalue weighted by molar-refractivity contribution is 7.10. The average molecular weight is 240 g/mol. The van der Waals surface area contributed by atoms with E-state index < -0.39 is 0 Å². The molecule has 0 spiro atoms. The van der Waals surface area contributed by atoms with Gasteiger partial charge >= 0.3 is 0 Å². The molecule has 0 aromatic carbocycles. The van der Waals surface area contributed by atoms with E-state index in [-0.39, 0.29) is 6.04 Å². The van der Waals surface area contributed by atoms with Crippen LogP contribution in [0.5, 0.6) is 0 Å². The van der Waals surface area contributed by atoms with E-state index in [1.54, 1.807) is 17.5 Å². The first-order valence-corrected chi connectivity index (χ1v) is 5.72. The van der Waals surface area contributed by atoms with E-state index in [0.29, 0.717) is 5.02 Å². The molecule has 2 aromatic rings. The second-order valence-electron chi connectivity index (χ2n) is 3.14. The third-order valence-corrected chi connectivity index (χ3v) is 3.49. The molecule has 15 heavy (non-hydrogen) atoms. The van der Waals surface area contributed by atoms with Gasteiger partial charge in [0.25, 0.3) is 0 Å². The minimum absolute atomic E-state index is 0.265. The Bertz CT molecular complexity index is 469. The molecule has 0 aliphatic rings. The minimum atomic E-state index is -0.265. The topological polar surface area (TPSA) is 51.8 Å². The maximum Gasteiger partial charge on any atom is 0.125 e. The largest absolute Gasteiger partial charge is 0.318 e. The third-order valence-electron chi connectivity index (χ3n) is 2.04. The van der Waals surface area contributed by atoms with Gasteiger partial charge in [0.1, 0.15) is 5.82 Å². The lowest BCUT2D eigenvalue weighted by atomic mass is 10.2. The molecule has 0 amide bonds. The van der Waals surface area contributed by atoms with Crippen molar-refractivity contribution in [3.8, 4) is 0 Å². The van der Waals surface area contributed by atoms with Gasteiger partial charge in [-0.3, -0.25) is 0 Å². The Balaban J connectivity index is 2.36. The van der Waals surface area contributed by atoms with Crippen molar-refractivity contribution in [2.45, 2.75) is 13.0 Å². The van der Waals surface area contributed by atoms with Gasteiger partial charge in [-0.15, -0.1) is 11.3 Å². The number of aromatic nitrogens is 2. The highest BCUT2D eigenvalue weighted by Crippen LogP contribution is 2.30. The average Bonchev–Trinajstić information content (AvgIpc) is 2.63. The number of thiophene rings is 1. The zero-order valence-corrected chi connectivity index (χ0v) is 9.72. The van der Waals surface area contributed by atoms with Crippen LogP contribution in [0.25, 0.3) is 0 Å². The van der Waals surface area contributed by atoms with E-state index in [1.165, 1.54) is 0 Å². The fourth-order valence-electron chi connectivity index (χ4n) is 1.31. The number of rotatable bonds is 2. The van der Waals surface area contributed by atoms with E-state index in [9.17, 15) is 0 Å². The second-order valence-corrected chi connectivity index (χ2v) is 4.49. The van der Waals surface area contributed by atoms with Crippen LogP contribution in [0.1, 0.15) is 22.4 Å². The Hall–Kier alpha value is -0.970. The lowest BCUT2D eigenvalue weighted by molar-refractivity contribution is 0.822. The first kappa shape index (κ1) is 10.5. The second kappa shape index (κ2) is 4.26. The van der Waals surface area contributed by atoms with Crippen LogP contribution in [0.2, 0.25) is 5.02 Å². The highest BCUT2D eigenvalue weighted by atomic mass is 35.5. The molecule has 2 N–H and O–H groups in total. The SMILES string of the molecule is Cc1nccc(C(N)c2sccc2Cl)n1. The van der Waals surface area contributed by atoms with Crippen molar-refractivity contribution in [3.63, 3.8) is 0 Å². The normalized spacial score (nSPS) is 12.7. The zero-order valence-electron chi connectivity index (χ0n) is 8.14. The molecule has 2 aromatic heterocycles. The van der Waals surface area contributed by atoms with Crippen molar-refractivity contribution < 1.29 is 0 Å². The number of nitrogens with zero attached hydrogens (tertiary/aromatic N) is 2. The Labute approximate surface area is 96.9 Å². The Morgan fingerprint density at radius 1 is 1.47 bits per heavy atom. The number of nitrogens with two attached hydrogens (primary N) is 1. The summed E-state index contributed by atoms with van der Waals surface area (Å²) >= 11 is 7.55. The Morgan fingerprint density at radius 2 is 2.27 bits per heavy atom. The molecular weight excluding hydrogens is 230 g/mol. The van der Waals surface area contributed by atoms with Gasteiger partial charge < -0.3 is 5.73 Å². The van der Waals surface area contributed by atoms with Crippen LogP contribution in [0.3, 0.4) is 0 Å². The van der Waals surface area contributed by atoms with Gasteiger partial charge in [-0.2, -0.15) is 0 Å². The molecule has 0 aliphatic carbocycles. The Morgan fingerprint density at radius 3 is 2.87 bits per heavy atom. The summed E-state index contributed by atoms with van der Waals surface area (Å²) in [7, 11) is 0. The summed E-state index contributed by atoms with van der Waals surface area (Å²) < 4.78 is 0. The van der Waals surface area contributed by atoms with Crippen LogP contribution < -0.4 is 5.73 Å². The summed E-state index contributed by atoms with van der Waals surface area (Å²) in [5, 5.41) is 2.62. The summed E-state index contributed by atoms with van der Waals surface area (Å²) in [6.45, 7) is 1.84. The third kappa shape index (κ3) is 2.17. The van der Waals surface area contributed by atoms with Crippen molar-refractivity contribution in [2.24, 2.45) is 5.73 Å². The van der Waals surface area contributed by atoms with Gasteiger partial charge in [0.15, 0.2) is 0 Å². The van der Waals surface area contributed by atoms with Gasteiger partial charge in [0.2, 0.25) is 0 Å². The predicted octanol–water partition coefficient (Wildman–Crippen LogP) is 2.55. The standard InChI is InChI=1S/C10H10ClN3S/c1-6-13-4-2-8(14-6)9(12)10-7(11)3-5-15-10/h2-5,9H,12H2,1H3. The summed E-state index contributed by atoms with van der Waals surface area (Å²) in [6.07, 6.45) is 1.71. The molecule has 2 heterocycles. The lowest BCUT2D eigenvalue weighted by Crippen LogP contribution is -2.13. The maximum absolute atomic E-state index is 6.07. The smallest absolute Gasteiger partial charge is 0.125 e. The first-order chi connectivity index (χ1) is 7.18. The van der Waals surface area contributed by atoms with Crippen LogP contribution in [-0.2, 0) is 0 Å². The van der Waals surface area contributed by atoms with E-state index in [1.807, 2.05) is 24.4 Å². The number of hydrogen-bond donors (Lipinski definition) is 1. The predicted molar refractivity (Wildman–Crippen MR) is 62.1 cm³/mol. The van der Waals surface area contributed by atoms with Crippen LogP contribution in [0.15, 0.2) is 23.7 Å². The van der Waals surface area contributed by atoms with Crippen molar-refractivity contribution >= 4 is 22.9 Å². The van der Waals surface area contributed by atoms with E-state index in [2.05, 4.69) is 9.97 Å². The van der Waals surface area contributed by atoms with Gasteiger partial charge in [-0.1, -0.05) is 11.6 Å². The molecule has 1 atom stereocenters. The van der Waals surface area contributed by atoms with Crippen molar-refractivity contribution in [3.05, 3.63) is 45.1 Å². The molecule has 78 valence electrons. The number of halogens is 1. The number of hydrogen-bond acceptors (Lipinski definition) is 4. The zero-order chi connectivity index (χ0) is 10.8. The monoisotopic (exact) mass is 239 g/mol. The fourth-order valence-corrected chi connectivity index (χ4v) is 2.50. The molecule has 0 radical (unpaired) electrons. The first-order valence-electron chi connectivity index (χ1n) is 4.46. The van der Waals surface area contributed by atoms with Crippen molar-refractivity contribution in [2.75, 3.05) is 0 Å². The summed E-state index contributed by atoms with van der Waals surface area (Å²) in [5.41, 5.74) is 6.86. The van der Waals surface area contributed by atoms with Gasteiger partial charge in [0.05, 0.1) is 16.8 Å². The fraction of sp³-hybridized carbons (Fsp3) is 0.200. The molecule has 0 aliphatic heterocycles. The summed E-state index contributed by atoms with van der Waals surface area (Å²) in [5.74, 6) is 0.718. The van der Waals surface area contributed by atoms with Crippen LogP contribution in [0, 0.1) is 6.92 Å². The van der Waals surface area contributed by atoms with E-state index in [4.69, 9.17) is 17.3 Å². The maximum atomic E-state index is 6.07. The summed E-state index contributed by atoms with van der Waals surface area (Å²) in [4.78, 5) is 9.25. The van der Waals surface area contributed by atoms with Crippen LogP contribution >= 0.6 is 22.9 Å². The van der Waals surface area contributed by atoms with E-state index >= 15 is 0 Å². The quantitative estimate of drug-likeness (QED) is 0.876. The molecule has 0 saturated heterocycles. The molecule has 5 heteroatoms. The Kier molecular flexibility index (Phi) is 3.00. The molecule has 3 nitrogen and oxygen atoms in total. The van der Waals surface area contributed by atoms with Gasteiger partial charge in [-0.25, -0.2) is 9.97 Å². The highest BCUT2D eigenvalue weighted by Gasteiger charge is 2.15. The van der Waals surface area contributed by atoms with Gasteiger partial charge in [-0.05, 0) is 24.4 Å². The molecule has 0 fully saturated rings. The molecule has 2 rings (SSSR count). The summed E-state index contributed by atoms with van der Waals surface area (Å²) in [6, 6.07) is 3.39. The lowest BCUT2D eigenvalue weighted by Gasteiger charge is -2.09. The van der Waals surface area contributed by atoms with Crippen LogP contribution in [0.4, 0.5) is 0 Å². The molecule has 1 unspecified atom stereocenters. The van der Waals surface area contributed by atoms with Crippen molar-refractivity contribution in [1.82, 2.24) is 9.97 Å². The minimum Gasteiger partial charge on any atom is -0.318 e. The molecule has 0 bridgehead atoms. The van der Waals surface area contributed by atoms with E-state index in [0.717, 1.165) is 16.4 Å². The number of aryl methyl sites for hydroxylation is 1. The van der Waals surface area contributed by atoms with Crippen molar-refractivity contribution in [1.29, 1.82) is 0 Å². The van der Waals surface area contributed by atoms with Gasteiger partial charge in [0, 0.05) is 11.1 Å².